The smallest absolute Gasteiger partial charge is 0.163 e. The van der Waals surface area contributed by atoms with Crippen LogP contribution in [0.3, 0.4) is 0 Å². The first-order chi connectivity index (χ1) is 13.7. The molecule has 0 radical (unpaired) electrons. The van der Waals surface area contributed by atoms with Crippen LogP contribution in [0.5, 0.6) is 0 Å². The summed E-state index contributed by atoms with van der Waals surface area (Å²) in [5, 5.41) is 1.06. The fourth-order valence-corrected chi connectivity index (χ4v) is 3.66. The summed E-state index contributed by atoms with van der Waals surface area (Å²) in [4.78, 5) is 29.0. The van der Waals surface area contributed by atoms with E-state index in [4.69, 9.17) is 0 Å². The summed E-state index contributed by atoms with van der Waals surface area (Å²) in [6, 6.07) is 26.6. The molecule has 3 nitrogen and oxygen atoms in total. The zero-order valence-corrected chi connectivity index (χ0v) is 15.5. The van der Waals surface area contributed by atoms with Gasteiger partial charge in [0.15, 0.2) is 11.6 Å². The number of fused-ring (bicyclic) bond motifs is 1. The van der Waals surface area contributed by atoms with Crippen molar-refractivity contribution in [3.63, 3.8) is 0 Å². The Balaban J connectivity index is 1.66. The lowest BCUT2D eigenvalue weighted by Gasteiger charge is -2.16. The first-order valence-corrected chi connectivity index (χ1v) is 9.45. The third-order valence-electron chi connectivity index (χ3n) is 5.12. The molecule has 0 bridgehead atoms. The Morgan fingerprint density at radius 2 is 1.18 bits per heavy atom. The molecule has 4 aromatic rings. The van der Waals surface area contributed by atoms with Gasteiger partial charge in [0.2, 0.25) is 0 Å². The average molecular weight is 367 g/mol. The van der Waals surface area contributed by atoms with Gasteiger partial charge in [-0.2, -0.15) is 0 Å². The molecule has 0 saturated carbocycles. The van der Waals surface area contributed by atoms with Crippen molar-refractivity contribution in [2.24, 2.45) is 0 Å². The van der Waals surface area contributed by atoms with Crippen molar-refractivity contribution < 1.29 is 9.59 Å². The summed E-state index contributed by atoms with van der Waals surface area (Å²) >= 11 is 0. The fraction of sp³-hybridized carbons (Fsp3) is 0.120. The lowest BCUT2D eigenvalue weighted by molar-refractivity contribution is 0.0945. The van der Waals surface area contributed by atoms with Gasteiger partial charge in [0.25, 0.3) is 0 Å². The number of rotatable bonds is 7. The quantitative estimate of drug-likeness (QED) is 0.420. The van der Waals surface area contributed by atoms with Crippen molar-refractivity contribution in [2.75, 3.05) is 0 Å². The lowest BCUT2D eigenvalue weighted by Crippen LogP contribution is -2.12. The van der Waals surface area contributed by atoms with E-state index in [1.807, 2.05) is 91.1 Å². The number of para-hydroxylation sites is 1. The minimum atomic E-state index is -0.184. The summed E-state index contributed by atoms with van der Waals surface area (Å²) in [7, 11) is 0. The van der Waals surface area contributed by atoms with Crippen LogP contribution >= 0.6 is 0 Å². The molecule has 0 saturated heterocycles. The Labute approximate surface area is 164 Å². The third-order valence-corrected chi connectivity index (χ3v) is 5.12. The van der Waals surface area contributed by atoms with Gasteiger partial charge in [-0.25, -0.2) is 0 Å². The molecule has 0 spiro atoms. The van der Waals surface area contributed by atoms with Gasteiger partial charge in [-0.15, -0.1) is 0 Å². The molecule has 28 heavy (non-hydrogen) atoms. The standard InChI is InChI=1S/C25H21NO2/c27-24(18-9-3-1-4-10-18)15-20(16-25(28)19-11-5-2-6-12-19)22-17-26-23-14-8-7-13-21(22)23/h1-14,17,20,26H,15-16H2. The molecule has 1 N–H and O–H groups in total. The Morgan fingerprint density at radius 3 is 1.75 bits per heavy atom. The predicted octanol–water partition coefficient (Wildman–Crippen LogP) is 5.80. The number of nitrogens with one attached hydrogen (secondary N) is 1. The zero-order valence-electron chi connectivity index (χ0n) is 15.5. The van der Waals surface area contributed by atoms with Crippen LogP contribution in [-0.2, 0) is 0 Å². The number of aromatic amines is 1. The molecular weight excluding hydrogens is 346 g/mol. The van der Waals surface area contributed by atoms with Gasteiger partial charge in [0, 0.05) is 47.0 Å². The maximum Gasteiger partial charge on any atom is 0.163 e. The first-order valence-electron chi connectivity index (χ1n) is 9.45. The molecule has 138 valence electrons. The molecule has 3 heteroatoms. The number of aromatic nitrogens is 1. The predicted molar refractivity (Wildman–Crippen MR) is 112 cm³/mol. The van der Waals surface area contributed by atoms with E-state index in [0.29, 0.717) is 24.0 Å². The van der Waals surface area contributed by atoms with Crippen molar-refractivity contribution in [3.05, 3.63) is 108 Å². The molecule has 0 unspecified atom stereocenters. The second kappa shape index (κ2) is 8.05. The van der Waals surface area contributed by atoms with E-state index in [2.05, 4.69) is 4.98 Å². The van der Waals surface area contributed by atoms with Crippen molar-refractivity contribution in [3.8, 4) is 0 Å². The minimum absolute atomic E-state index is 0.0525. The van der Waals surface area contributed by atoms with E-state index in [9.17, 15) is 9.59 Å². The summed E-state index contributed by atoms with van der Waals surface area (Å²) in [6.45, 7) is 0. The Bertz CT molecular complexity index is 1040. The van der Waals surface area contributed by atoms with Crippen molar-refractivity contribution in [1.82, 2.24) is 4.98 Å². The van der Waals surface area contributed by atoms with E-state index in [-0.39, 0.29) is 17.5 Å². The summed E-state index contributed by atoms with van der Waals surface area (Å²) in [5.41, 5.74) is 3.39. The molecule has 1 aromatic heterocycles. The van der Waals surface area contributed by atoms with Crippen molar-refractivity contribution >= 4 is 22.5 Å². The van der Waals surface area contributed by atoms with Crippen LogP contribution in [0.1, 0.15) is 45.0 Å². The summed E-state index contributed by atoms with van der Waals surface area (Å²) in [6.07, 6.45) is 2.53. The number of Topliss-reactive ketones (excluding diaryl/α,β-unsaturated/α-hetero) is 2. The molecule has 0 aliphatic heterocycles. The number of carbonyl (C=O) groups is 2. The van der Waals surface area contributed by atoms with Crippen LogP contribution in [0.2, 0.25) is 0 Å². The number of carbonyl (C=O) groups excluding carboxylic acids is 2. The molecule has 3 aromatic carbocycles. The van der Waals surface area contributed by atoms with Gasteiger partial charge >= 0.3 is 0 Å². The number of ketones is 2. The molecular formula is C25H21NO2. The molecule has 0 atom stereocenters. The van der Waals surface area contributed by atoms with Gasteiger partial charge < -0.3 is 4.98 Å². The van der Waals surface area contributed by atoms with E-state index in [1.165, 1.54) is 0 Å². The largest absolute Gasteiger partial charge is 0.361 e. The summed E-state index contributed by atoms with van der Waals surface area (Å²) < 4.78 is 0. The number of H-pyrrole nitrogens is 1. The highest BCUT2D eigenvalue weighted by atomic mass is 16.1. The third kappa shape index (κ3) is 3.79. The molecule has 4 rings (SSSR count). The van der Waals surface area contributed by atoms with Crippen LogP contribution in [0, 0.1) is 0 Å². The molecule has 0 aliphatic carbocycles. The maximum absolute atomic E-state index is 12.9. The number of hydrogen-bond acceptors (Lipinski definition) is 2. The lowest BCUT2D eigenvalue weighted by atomic mass is 9.86. The highest BCUT2D eigenvalue weighted by Gasteiger charge is 2.23. The average Bonchev–Trinajstić information content (AvgIpc) is 3.18. The molecule has 0 aliphatic rings. The number of benzene rings is 3. The van der Waals surface area contributed by atoms with Crippen LogP contribution in [0.15, 0.2) is 91.1 Å². The van der Waals surface area contributed by atoms with Crippen molar-refractivity contribution in [2.45, 2.75) is 18.8 Å². The highest BCUT2D eigenvalue weighted by Crippen LogP contribution is 2.32. The van der Waals surface area contributed by atoms with E-state index >= 15 is 0 Å². The zero-order chi connectivity index (χ0) is 19.3. The Kier molecular flexibility index (Phi) is 5.16. The number of hydrogen-bond donors (Lipinski definition) is 1. The molecule has 1 heterocycles. The maximum atomic E-state index is 12.9. The van der Waals surface area contributed by atoms with Crippen LogP contribution < -0.4 is 0 Å². The van der Waals surface area contributed by atoms with Gasteiger partial charge in [0.05, 0.1) is 0 Å². The van der Waals surface area contributed by atoms with Gasteiger partial charge in [0.1, 0.15) is 0 Å². The second-order valence-corrected chi connectivity index (χ2v) is 6.97. The van der Waals surface area contributed by atoms with Gasteiger partial charge in [-0.3, -0.25) is 9.59 Å². The van der Waals surface area contributed by atoms with Gasteiger partial charge in [-0.05, 0) is 11.6 Å². The van der Waals surface area contributed by atoms with Crippen LogP contribution in [0.4, 0.5) is 0 Å². The van der Waals surface area contributed by atoms with Crippen molar-refractivity contribution in [1.29, 1.82) is 0 Å². The minimum Gasteiger partial charge on any atom is -0.361 e. The van der Waals surface area contributed by atoms with Gasteiger partial charge in [-0.1, -0.05) is 78.9 Å². The Hall–Kier alpha value is -3.46. The first kappa shape index (κ1) is 17.9. The van der Waals surface area contributed by atoms with Crippen LogP contribution in [0.25, 0.3) is 10.9 Å². The van der Waals surface area contributed by atoms with E-state index in [0.717, 1.165) is 16.5 Å². The monoisotopic (exact) mass is 367 g/mol. The second-order valence-electron chi connectivity index (χ2n) is 6.97. The fourth-order valence-electron chi connectivity index (χ4n) is 3.66. The molecule has 0 fully saturated rings. The normalized spacial score (nSPS) is 11.0. The SMILES string of the molecule is O=C(CC(CC(=O)c1ccccc1)c1c[nH]c2ccccc12)c1ccccc1. The molecule has 0 amide bonds. The van der Waals surface area contributed by atoms with E-state index in [1.54, 1.807) is 0 Å². The topological polar surface area (TPSA) is 49.9 Å². The van der Waals surface area contributed by atoms with Crippen LogP contribution in [-0.4, -0.2) is 16.6 Å². The van der Waals surface area contributed by atoms with E-state index < -0.39 is 0 Å². The Morgan fingerprint density at radius 1 is 0.679 bits per heavy atom. The highest BCUT2D eigenvalue weighted by molar-refractivity contribution is 6.00. The summed E-state index contributed by atoms with van der Waals surface area (Å²) in [5.74, 6) is -0.0787.